The summed E-state index contributed by atoms with van der Waals surface area (Å²) in [7, 11) is 0. The molecule has 0 aliphatic carbocycles. The Labute approximate surface area is 183 Å². The van der Waals surface area contributed by atoms with Gasteiger partial charge in [0.05, 0.1) is 16.6 Å². The largest absolute Gasteiger partial charge is 0.490 e. The van der Waals surface area contributed by atoms with Gasteiger partial charge in [0.15, 0.2) is 0 Å². The minimum atomic E-state index is -5.08. The van der Waals surface area contributed by atoms with Crippen molar-refractivity contribution in [2.45, 2.75) is 25.3 Å². The van der Waals surface area contributed by atoms with E-state index in [-0.39, 0.29) is 12.5 Å². The second-order valence-electron chi connectivity index (χ2n) is 7.19. The number of rotatable bonds is 3. The maximum atomic E-state index is 12.9. The number of hydrogen-bond acceptors (Lipinski definition) is 3. The number of alkyl halides is 6. The molecule has 1 saturated heterocycles. The highest BCUT2D eigenvalue weighted by Crippen LogP contribution is 2.32. The van der Waals surface area contributed by atoms with Crippen LogP contribution in [0.25, 0.3) is 22.2 Å². The van der Waals surface area contributed by atoms with E-state index in [1.54, 1.807) is 40.1 Å². The summed E-state index contributed by atoms with van der Waals surface area (Å²) in [6.45, 7) is 1.77. The molecule has 2 aromatic heterocycles. The monoisotopic (exact) mass is 473 g/mol. The number of hydrogen-bond donors (Lipinski definition) is 1. The van der Waals surface area contributed by atoms with E-state index in [1.165, 1.54) is 6.07 Å². The summed E-state index contributed by atoms with van der Waals surface area (Å²) in [5.41, 5.74) is 1.76. The van der Waals surface area contributed by atoms with Crippen molar-refractivity contribution in [1.29, 1.82) is 0 Å². The van der Waals surface area contributed by atoms with E-state index in [2.05, 4.69) is 4.98 Å². The second kappa shape index (κ2) is 9.12. The minimum absolute atomic E-state index is 0.0400. The molecule has 4 rings (SSSR count). The Kier molecular flexibility index (Phi) is 6.65. The van der Waals surface area contributed by atoms with Gasteiger partial charge in [-0.3, -0.25) is 9.78 Å². The van der Waals surface area contributed by atoms with E-state index >= 15 is 0 Å². The van der Waals surface area contributed by atoms with Gasteiger partial charge in [-0.2, -0.15) is 26.3 Å². The van der Waals surface area contributed by atoms with Gasteiger partial charge in [0.25, 0.3) is 0 Å². The molecular formula is C21H17F6N3O3. The smallest absolute Gasteiger partial charge is 0.475 e. The molecule has 0 spiro atoms. The Morgan fingerprint density at radius 1 is 1.00 bits per heavy atom. The van der Waals surface area contributed by atoms with Gasteiger partial charge in [-0.1, -0.05) is 12.1 Å². The first-order chi connectivity index (χ1) is 15.4. The fraction of sp³-hybridized carbons (Fsp3) is 0.286. The summed E-state index contributed by atoms with van der Waals surface area (Å²) in [5, 5.41) is 7.12. The van der Waals surface area contributed by atoms with Gasteiger partial charge in [0, 0.05) is 31.0 Å². The van der Waals surface area contributed by atoms with Crippen LogP contribution in [0.2, 0.25) is 0 Å². The molecule has 1 amide bonds. The van der Waals surface area contributed by atoms with Crippen molar-refractivity contribution < 1.29 is 41.0 Å². The van der Waals surface area contributed by atoms with Gasteiger partial charge >= 0.3 is 18.3 Å². The van der Waals surface area contributed by atoms with Gasteiger partial charge in [0.1, 0.15) is 6.54 Å². The number of carbonyl (C=O) groups excluding carboxylic acids is 1. The number of nitrogens with zero attached hydrogens (tertiary/aromatic N) is 3. The first-order valence-electron chi connectivity index (χ1n) is 9.56. The highest BCUT2D eigenvalue weighted by atomic mass is 19.4. The number of likely N-dealkylation sites (tertiary alicyclic amines) is 1. The molecule has 0 saturated carbocycles. The van der Waals surface area contributed by atoms with Crippen LogP contribution in [-0.2, 0) is 22.3 Å². The third-order valence-corrected chi connectivity index (χ3v) is 4.90. The van der Waals surface area contributed by atoms with Gasteiger partial charge in [-0.05, 0) is 36.2 Å². The van der Waals surface area contributed by atoms with Gasteiger partial charge in [-0.15, -0.1) is 0 Å². The number of amides is 1. The topological polar surface area (TPSA) is 75.4 Å². The predicted octanol–water partition coefficient (Wildman–Crippen LogP) is 4.59. The molecule has 1 aliphatic heterocycles. The lowest BCUT2D eigenvalue weighted by atomic mass is 10.0. The molecule has 33 heavy (non-hydrogen) atoms. The van der Waals surface area contributed by atoms with Crippen LogP contribution in [0.1, 0.15) is 12.0 Å². The van der Waals surface area contributed by atoms with Crippen molar-refractivity contribution in [1.82, 2.24) is 14.5 Å². The SMILES string of the molecule is O=C(Cn1ccc2ncc(-c3cccc(C(F)(F)F)c3)cc21)N1CCC1.O=C(O)C(F)(F)F. The zero-order valence-corrected chi connectivity index (χ0v) is 16.8. The standard InChI is InChI=1S/C19H16F3N3O.C2HF3O2/c20-19(21,22)15-4-1-3-13(9-15)14-10-17-16(23-11-14)5-8-25(17)12-18(26)24-6-2-7-24;3-2(4,5)1(6)7/h1,3-5,8-11H,2,6-7,12H2;(H,6,7). The van der Waals surface area contributed by atoms with Crippen LogP contribution in [0, 0.1) is 0 Å². The summed E-state index contributed by atoms with van der Waals surface area (Å²) < 4.78 is 72.4. The van der Waals surface area contributed by atoms with Crippen LogP contribution in [0.3, 0.4) is 0 Å². The fourth-order valence-corrected chi connectivity index (χ4v) is 3.05. The van der Waals surface area contributed by atoms with Gasteiger partial charge in [0.2, 0.25) is 5.91 Å². The van der Waals surface area contributed by atoms with Crippen molar-refractivity contribution in [2.75, 3.05) is 13.1 Å². The lowest BCUT2D eigenvalue weighted by molar-refractivity contribution is -0.192. The van der Waals surface area contributed by atoms with E-state index in [0.29, 0.717) is 16.6 Å². The molecule has 6 nitrogen and oxygen atoms in total. The van der Waals surface area contributed by atoms with Crippen molar-refractivity contribution in [2.24, 2.45) is 0 Å². The number of benzene rings is 1. The van der Waals surface area contributed by atoms with Crippen LogP contribution in [0.15, 0.2) is 48.8 Å². The number of halogens is 6. The molecule has 12 heteroatoms. The average molecular weight is 473 g/mol. The first-order valence-corrected chi connectivity index (χ1v) is 9.56. The third-order valence-electron chi connectivity index (χ3n) is 4.90. The fourth-order valence-electron chi connectivity index (χ4n) is 3.05. The minimum Gasteiger partial charge on any atom is -0.475 e. The number of pyridine rings is 1. The Morgan fingerprint density at radius 3 is 2.21 bits per heavy atom. The number of aromatic nitrogens is 2. The number of carbonyl (C=O) groups is 2. The molecule has 0 bridgehead atoms. The summed E-state index contributed by atoms with van der Waals surface area (Å²) in [5.74, 6) is -2.72. The molecule has 0 atom stereocenters. The normalized spacial score (nSPS) is 13.8. The summed E-state index contributed by atoms with van der Waals surface area (Å²) in [6.07, 6.45) is -5.11. The van der Waals surface area contributed by atoms with Crippen molar-refractivity contribution >= 4 is 22.9 Å². The predicted molar refractivity (Wildman–Crippen MR) is 105 cm³/mol. The van der Waals surface area contributed by atoms with Crippen LogP contribution >= 0.6 is 0 Å². The van der Waals surface area contributed by atoms with Crippen molar-refractivity contribution in [3.05, 3.63) is 54.4 Å². The molecule has 3 heterocycles. The van der Waals surface area contributed by atoms with E-state index < -0.39 is 23.9 Å². The number of fused-ring (bicyclic) bond motifs is 1. The van der Waals surface area contributed by atoms with E-state index in [9.17, 15) is 31.1 Å². The average Bonchev–Trinajstić information content (AvgIpc) is 3.08. The van der Waals surface area contributed by atoms with E-state index in [4.69, 9.17) is 9.90 Å². The van der Waals surface area contributed by atoms with Crippen LogP contribution < -0.4 is 0 Å². The zero-order valence-electron chi connectivity index (χ0n) is 16.8. The Morgan fingerprint density at radius 2 is 1.67 bits per heavy atom. The second-order valence-corrected chi connectivity index (χ2v) is 7.19. The molecule has 1 aliphatic rings. The lowest BCUT2D eigenvalue weighted by Gasteiger charge is -2.31. The molecular weight excluding hydrogens is 456 g/mol. The van der Waals surface area contributed by atoms with E-state index in [1.807, 2.05) is 0 Å². The molecule has 1 N–H and O–H groups in total. The van der Waals surface area contributed by atoms with Crippen molar-refractivity contribution in [3.8, 4) is 11.1 Å². The maximum absolute atomic E-state index is 12.9. The summed E-state index contributed by atoms with van der Waals surface area (Å²) in [6, 6.07) is 8.74. The Hall–Kier alpha value is -3.57. The van der Waals surface area contributed by atoms with Gasteiger partial charge < -0.3 is 14.6 Å². The first kappa shape index (κ1) is 24.1. The van der Waals surface area contributed by atoms with Crippen molar-refractivity contribution in [3.63, 3.8) is 0 Å². The highest BCUT2D eigenvalue weighted by molar-refractivity contribution is 5.84. The van der Waals surface area contributed by atoms with Crippen LogP contribution in [0.5, 0.6) is 0 Å². The molecule has 0 unspecified atom stereocenters. The Balaban J connectivity index is 0.000000383. The van der Waals surface area contributed by atoms with E-state index in [0.717, 1.165) is 37.2 Å². The molecule has 176 valence electrons. The third kappa shape index (κ3) is 5.82. The van der Waals surface area contributed by atoms with Crippen LogP contribution in [-0.4, -0.2) is 50.7 Å². The number of aliphatic carboxylic acids is 1. The summed E-state index contributed by atoms with van der Waals surface area (Å²) >= 11 is 0. The molecule has 0 radical (unpaired) electrons. The molecule has 1 fully saturated rings. The molecule has 3 aromatic rings. The quantitative estimate of drug-likeness (QED) is 0.565. The zero-order chi connectivity index (χ0) is 24.4. The lowest BCUT2D eigenvalue weighted by Crippen LogP contribution is -2.43. The summed E-state index contributed by atoms with van der Waals surface area (Å²) in [4.78, 5) is 27.2. The van der Waals surface area contributed by atoms with Crippen LogP contribution in [0.4, 0.5) is 26.3 Å². The Bertz CT molecular complexity index is 1170. The van der Waals surface area contributed by atoms with Gasteiger partial charge in [-0.25, -0.2) is 4.79 Å². The molecule has 1 aromatic carbocycles. The maximum Gasteiger partial charge on any atom is 0.490 e. The highest BCUT2D eigenvalue weighted by Gasteiger charge is 2.38. The number of carboxylic acids is 1. The number of carboxylic acid groups (broad SMARTS) is 1.